The van der Waals surface area contributed by atoms with E-state index < -0.39 is 0 Å². The van der Waals surface area contributed by atoms with Crippen LogP contribution in [-0.2, 0) is 11.2 Å². The summed E-state index contributed by atoms with van der Waals surface area (Å²) in [5.41, 5.74) is 1.42. The summed E-state index contributed by atoms with van der Waals surface area (Å²) in [4.78, 5) is 28.3. The van der Waals surface area contributed by atoms with Gasteiger partial charge in [-0.15, -0.1) is 11.3 Å². The van der Waals surface area contributed by atoms with Gasteiger partial charge in [-0.2, -0.15) is 0 Å². The predicted octanol–water partition coefficient (Wildman–Crippen LogP) is 4.55. The second kappa shape index (κ2) is 10.8. The topological polar surface area (TPSA) is 61.4 Å². The molecule has 1 aromatic heterocycles. The van der Waals surface area contributed by atoms with Crippen molar-refractivity contribution in [3.8, 4) is 0 Å². The molecule has 2 aromatic rings. The number of carbonyl (C=O) groups excluding carboxylic acids is 2. The minimum absolute atomic E-state index is 0.0219. The Kier molecular flexibility index (Phi) is 7.62. The molecule has 1 saturated carbocycles. The molecule has 4 rings (SSSR count). The first-order chi connectivity index (χ1) is 15.2. The summed E-state index contributed by atoms with van der Waals surface area (Å²) in [5.74, 6) is 0.771. The molecule has 0 radical (unpaired) electrons. The maximum Gasteiger partial charge on any atom is 0.317 e. The molecule has 0 bridgehead atoms. The van der Waals surface area contributed by atoms with Crippen molar-refractivity contribution in [2.24, 2.45) is 5.92 Å². The lowest BCUT2D eigenvalue weighted by Crippen LogP contribution is -2.50. The van der Waals surface area contributed by atoms with Crippen LogP contribution in [0.4, 0.5) is 4.79 Å². The summed E-state index contributed by atoms with van der Waals surface area (Å²) >= 11 is 1.72. The van der Waals surface area contributed by atoms with Crippen LogP contribution in [0.3, 0.4) is 0 Å². The quantitative estimate of drug-likeness (QED) is 0.693. The van der Waals surface area contributed by atoms with Gasteiger partial charge < -0.3 is 15.5 Å². The highest BCUT2D eigenvalue weighted by atomic mass is 32.1. The minimum Gasteiger partial charge on any atom is -0.355 e. The van der Waals surface area contributed by atoms with E-state index >= 15 is 0 Å². The first kappa shape index (κ1) is 21.9. The first-order valence-corrected chi connectivity index (χ1v) is 12.5. The van der Waals surface area contributed by atoms with Gasteiger partial charge in [0, 0.05) is 36.5 Å². The van der Waals surface area contributed by atoms with Crippen LogP contribution in [0, 0.1) is 5.92 Å². The van der Waals surface area contributed by atoms with Crippen molar-refractivity contribution in [2.45, 2.75) is 56.9 Å². The lowest BCUT2D eigenvalue weighted by Gasteiger charge is -2.34. The van der Waals surface area contributed by atoms with Crippen molar-refractivity contribution in [2.75, 3.05) is 19.6 Å². The van der Waals surface area contributed by atoms with Crippen LogP contribution < -0.4 is 10.6 Å². The van der Waals surface area contributed by atoms with E-state index in [-0.39, 0.29) is 23.9 Å². The van der Waals surface area contributed by atoms with Crippen molar-refractivity contribution < 1.29 is 9.59 Å². The molecule has 2 N–H and O–H groups in total. The zero-order valence-corrected chi connectivity index (χ0v) is 18.9. The maximum absolute atomic E-state index is 12.7. The number of piperidine rings is 1. The molecule has 1 aliphatic carbocycles. The number of benzene rings is 1. The van der Waals surface area contributed by atoms with Crippen LogP contribution in [0.1, 0.15) is 54.9 Å². The van der Waals surface area contributed by atoms with E-state index in [1.165, 1.54) is 10.4 Å². The van der Waals surface area contributed by atoms with Gasteiger partial charge in [0.2, 0.25) is 5.91 Å². The second-order valence-electron chi connectivity index (χ2n) is 8.79. The van der Waals surface area contributed by atoms with Crippen molar-refractivity contribution >= 4 is 23.3 Å². The number of thiophene rings is 1. The van der Waals surface area contributed by atoms with Gasteiger partial charge in [-0.05, 0) is 67.9 Å². The van der Waals surface area contributed by atoms with Crippen molar-refractivity contribution in [3.63, 3.8) is 0 Å². The largest absolute Gasteiger partial charge is 0.355 e. The van der Waals surface area contributed by atoms with Gasteiger partial charge >= 0.3 is 6.03 Å². The zero-order valence-electron chi connectivity index (χ0n) is 18.1. The van der Waals surface area contributed by atoms with Gasteiger partial charge in [-0.1, -0.05) is 36.4 Å². The Morgan fingerprint density at radius 1 is 0.935 bits per heavy atom. The summed E-state index contributed by atoms with van der Waals surface area (Å²) < 4.78 is 0. The van der Waals surface area contributed by atoms with Crippen molar-refractivity contribution in [1.29, 1.82) is 0 Å². The molecule has 2 heterocycles. The number of amides is 3. The van der Waals surface area contributed by atoms with E-state index in [1.54, 1.807) is 11.3 Å². The third kappa shape index (κ3) is 6.10. The number of hydrogen-bond donors (Lipinski definition) is 2. The standard InChI is InChI=1S/C25H33N3O2S/c29-24(26-15-12-23-7-4-18-31-23)21-13-16-28(17-14-21)25(30)27-22-10-8-20(9-11-22)19-5-2-1-3-6-19/h1-7,18,20-22H,8-17H2,(H,26,29)(H,27,30). The molecule has 6 heteroatoms. The van der Waals surface area contributed by atoms with Crippen LogP contribution in [0.25, 0.3) is 0 Å². The molecule has 166 valence electrons. The van der Waals surface area contributed by atoms with E-state index in [0.29, 0.717) is 25.6 Å². The molecule has 2 fully saturated rings. The molecular weight excluding hydrogens is 406 g/mol. The molecule has 0 unspecified atom stereocenters. The Morgan fingerprint density at radius 3 is 2.35 bits per heavy atom. The number of carbonyl (C=O) groups is 2. The van der Waals surface area contributed by atoms with Gasteiger partial charge in [0.25, 0.3) is 0 Å². The number of nitrogens with one attached hydrogen (secondary N) is 2. The Hall–Kier alpha value is -2.34. The van der Waals surface area contributed by atoms with Gasteiger partial charge in [0.15, 0.2) is 0 Å². The molecule has 1 aromatic carbocycles. The molecule has 1 saturated heterocycles. The summed E-state index contributed by atoms with van der Waals surface area (Å²) in [5, 5.41) is 8.37. The van der Waals surface area contributed by atoms with Crippen LogP contribution in [-0.4, -0.2) is 42.5 Å². The third-order valence-corrected chi connectivity index (χ3v) is 7.67. The summed E-state index contributed by atoms with van der Waals surface area (Å²) in [7, 11) is 0. The number of rotatable bonds is 6. The average molecular weight is 440 g/mol. The van der Waals surface area contributed by atoms with Crippen molar-refractivity contribution in [1.82, 2.24) is 15.5 Å². The SMILES string of the molecule is O=C(NCCc1cccs1)C1CCN(C(=O)NC2CCC(c3ccccc3)CC2)CC1. The monoisotopic (exact) mass is 439 g/mol. The smallest absolute Gasteiger partial charge is 0.317 e. The Labute approximate surface area is 189 Å². The van der Waals surface area contributed by atoms with Crippen molar-refractivity contribution in [3.05, 3.63) is 58.3 Å². The predicted molar refractivity (Wildman–Crippen MR) is 125 cm³/mol. The third-order valence-electron chi connectivity index (χ3n) is 6.73. The second-order valence-corrected chi connectivity index (χ2v) is 9.82. The Balaban J connectivity index is 1.14. The van der Waals surface area contributed by atoms with E-state index in [1.807, 2.05) is 11.0 Å². The molecule has 31 heavy (non-hydrogen) atoms. The van der Waals surface area contributed by atoms with E-state index in [0.717, 1.165) is 44.9 Å². The van der Waals surface area contributed by atoms with Crippen LogP contribution in [0.2, 0.25) is 0 Å². The Bertz CT molecular complexity index is 824. The molecule has 2 aliphatic rings. The normalized spacial score (nSPS) is 22.1. The van der Waals surface area contributed by atoms with Crippen LogP contribution >= 0.6 is 11.3 Å². The fraction of sp³-hybridized carbons (Fsp3) is 0.520. The van der Waals surface area contributed by atoms with E-state index in [4.69, 9.17) is 0 Å². The molecule has 3 amide bonds. The fourth-order valence-electron chi connectivity index (χ4n) is 4.82. The van der Waals surface area contributed by atoms with Gasteiger partial charge in [-0.25, -0.2) is 4.79 Å². The van der Waals surface area contributed by atoms with Gasteiger partial charge in [-0.3, -0.25) is 4.79 Å². The average Bonchev–Trinajstić information content (AvgIpc) is 3.34. The first-order valence-electron chi connectivity index (χ1n) is 11.6. The number of hydrogen-bond acceptors (Lipinski definition) is 3. The lowest BCUT2D eigenvalue weighted by atomic mass is 9.82. The molecule has 5 nitrogen and oxygen atoms in total. The van der Waals surface area contributed by atoms with E-state index in [9.17, 15) is 9.59 Å². The van der Waals surface area contributed by atoms with Crippen LogP contribution in [0.15, 0.2) is 47.8 Å². The molecule has 0 spiro atoms. The summed E-state index contributed by atoms with van der Waals surface area (Å²) in [6.07, 6.45) is 6.71. The highest BCUT2D eigenvalue weighted by Gasteiger charge is 2.29. The summed E-state index contributed by atoms with van der Waals surface area (Å²) in [6, 6.07) is 15.2. The number of nitrogens with zero attached hydrogens (tertiary/aromatic N) is 1. The maximum atomic E-state index is 12.7. The minimum atomic E-state index is 0.0219. The highest BCUT2D eigenvalue weighted by molar-refractivity contribution is 7.09. The molecule has 1 aliphatic heterocycles. The fourth-order valence-corrected chi connectivity index (χ4v) is 5.52. The van der Waals surface area contributed by atoms with Gasteiger partial charge in [0.1, 0.15) is 0 Å². The van der Waals surface area contributed by atoms with Gasteiger partial charge in [0.05, 0.1) is 0 Å². The molecule has 0 atom stereocenters. The van der Waals surface area contributed by atoms with E-state index in [2.05, 4.69) is 52.4 Å². The number of likely N-dealkylation sites (tertiary alicyclic amines) is 1. The highest BCUT2D eigenvalue weighted by Crippen LogP contribution is 2.32. The number of urea groups is 1. The lowest BCUT2D eigenvalue weighted by molar-refractivity contribution is -0.126. The molecular formula is C25H33N3O2S. The zero-order chi connectivity index (χ0) is 21.5. The Morgan fingerprint density at radius 2 is 1.68 bits per heavy atom. The summed E-state index contributed by atoms with van der Waals surface area (Å²) in [6.45, 7) is 2.01. The van der Waals surface area contributed by atoms with Crippen LogP contribution in [0.5, 0.6) is 0 Å².